The minimum atomic E-state index is -1.01. The molecule has 148 valence electrons. The normalized spacial score (nSPS) is 24.2. The highest BCUT2D eigenvalue weighted by Gasteiger charge is 2.44. The third-order valence-corrected chi connectivity index (χ3v) is 4.80. The van der Waals surface area contributed by atoms with Crippen LogP contribution in [0.15, 0.2) is 54.3 Å². The lowest BCUT2D eigenvalue weighted by atomic mass is 9.96. The topological polar surface area (TPSA) is 93.1 Å². The van der Waals surface area contributed by atoms with E-state index >= 15 is 0 Å². The summed E-state index contributed by atoms with van der Waals surface area (Å²) in [6.45, 7) is 1.71. The van der Waals surface area contributed by atoms with Crippen LogP contribution in [0, 0.1) is 5.92 Å². The first-order valence-corrected chi connectivity index (χ1v) is 9.27. The van der Waals surface area contributed by atoms with E-state index in [-0.39, 0.29) is 19.0 Å². The van der Waals surface area contributed by atoms with Crippen molar-refractivity contribution < 1.29 is 29.0 Å². The SMILES string of the molecule is C[C@H](C(=O)N1C(=O)OC[C@@H]1c1ccccc1)[C@@H]1OC(=CCCCO)C=CC1=O. The second-order valence-electron chi connectivity index (χ2n) is 6.75. The molecule has 28 heavy (non-hydrogen) atoms. The molecule has 0 radical (unpaired) electrons. The number of allylic oxidation sites excluding steroid dienone is 2. The van der Waals surface area contributed by atoms with Crippen LogP contribution in [-0.4, -0.2) is 47.1 Å². The summed E-state index contributed by atoms with van der Waals surface area (Å²) in [6, 6.07) is 8.62. The Morgan fingerprint density at radius 1 is 1.29 bits per heavy atom. The van der Waals surface area contributed by atoms with E-state index in [9.17, 15) is 14.4 Å². The van der Waals surface area contributed by atoms with Gasteiger partial charge in [-0.3, -0.25) is 9.59 Å². The van der Waals surface area contributed by atoms with Gasteiger partial charge >= 0.3 is 6.09 Å². The van der Waals surface area contributed by atoms with Crippen molar-refractivity contribution in [3.63, 3.8) is 0 Å². The third kappa shape index (κ3) is 4.14. The first-order valence-electron chi connectivity index (χ1n) is 9.27. The molecule has 2 aliphatic heterocycles. The smallest absolute Gasteiger partial charge is 0.417 e. The fourth-order valence-electron chi connectivity index (χ4n) is 3.24. The number of unbranched alkanes of at least 4 members (excludes halogenated alkanes) is 1. The van der Waals surface area contributed by atoms with Gasteiger partial charge in [-0.25, -0.2) is 9.69 Å². The zero-order chi connectivity index (χ0) is 20.1. The molecule has 1 N–H and O–H groups in total. The maximum Gasteiger partial charge on any atom is 0.417 e. The predicted octanol–water partition coefficient (Wildman–Crippen LogP) is 2.52. The van der Waals surface area contributed by atoms with Crippen LogP contribution in [0.4, 0.5) is 4.79 Å². The average Bonchev–Trinajstić information content (AvgIpc) is 3.10. The minimum Gasteiger partial charge on any atom is -0.482 e. The van der Waals surface area contributed by atoms with Gasteiger partial charge in [-0.1, -0.05) is 30.3 Å². The fourth-order valence-corrected chi connectivity index (χ4v) is 3.24. The molecule has 7 nitrogen and oxygen atoms in total. The van der Waals surface area contributed by atoms with Gasteiger partial charge in [-0.15, -0.1) is 0 Å². The third-order valence-electron chi connectivity index (χ3n) is 4.80. The monoisotopic (exact) mass is 385 g/mol. The van der Waals surface area contributed by atoms with Crippen LogP contribution in [-0.2, 0) is 19.1 Å². The van der Waals surface area contributed by atoms with Crippen LogP contribution in [0.2, 0.25) is 0 Å². The Bertz CT molecular complexity index is 800. The summed E-state index contributed by atoms with van der Waals surface area (Å²) in [7, 11) is 0. The number of nitrogens with zero attached hydrogens (tertiary/aromatic N) is 1. The van der Waals surface area contributed by atoms with Crippen molar-refractivity contribution in [1.29, 1.82) is 0 Å². The number of ketones is 1. The van der Waals surface area contributed by atoms with Crippen molar-refractivity contribution in [2.24, 2.45) is 5.92 Å². The highest BCUT2D eigenvalue weighted by molar-refractivity contribution is 6.01. The predicted molar refractivity (Wildman–Crippen MR) is 100.0 cm³/mol. The molecular weight excluding hydrogens is 362 g/mol. The van der Waals surface area contributed by atoms with Gasteiger partial charge in [0.15, 0.2) is 11.9 Å². The molecule has 0 unspecified atom stereocenters. The van der Waals surface area contributed by atoms with Crippen molar-refractivity contribution in [2.75, 3.05) is 13.2 Å². The van der Waals surface area contributed by atoms with Gasteiger partial charge in [0.1, 0.15) is 18.4 Å². The molecule has 1 aromatic carbocycles. The van der Waals surface area contributed by atoms with E-state index in [1.165, 1.54) is 6.08 Å². The minimum absolute atomic E-state index is 0.0582. The molecule has 0 spiro atoms. The molecule has 1 fully saturated rings. The van der Waals surface area contributed by atoms with Gasteiger partial charge in [-0.2, -0.15) is 0 Å². The lowest BCUT2D eigenvalue weighted by molar-refractivity contribution is -0.142. The van der Waals surface area contributed by atoms with E-state index < -0.39 is 30.1 Å². The summed E-state index contributed by atoms with van der Waals surface area (Å²) in [5.41, 5.74) is 0.786. The molecule has 0 bridgehead atoms. The van der Waals surface area contributed by atoms with Crippen LogP contribution in [0.1, 0.15) is 31.4 Å². The maximum atomic E-state index is 13.1. The Kier molecular flexibility index (Phi) is 6.26. The van der Waals surface area contributed by atoms with Crippen LogP contribution in [0.5, 0.6) is 0 Å². The molecule has 0 aromatic heterocycles. The van der Waals surface area contributed by atoms with Crippen LogP contribution in [0.25, 0.3) is 0 Å². The number of rotatable bonds is 6. The maximum absolute atomic E-state index is 13.1. The second-order valence-corrected chi connectivity index (χ2v) is 6.75. The Morgan fingerprint density at radius 2 is 2.04 bits per heavy atom. The van der Waals surface area contributed by atoms with E-state index in [0.717, 1.165) is 10.5 Å². The largest absolute Gasteiger partial charge is 0.482 e. The van der Waals surface area contributed by atoms with Gasteiger partial charge < -0.3 is 14.6 Å². The molecular formula is C21H23NO6. The zero-order valence-corrected chi connectivity index (χ0v) is 15.6. The van der Waals surface area contributed by atoms with E-state index in [4.69, 9.17) is 14.6 Å². The van der Waals surface area contributed by atoms with Crippen molar-refractivity contribution in [1.82, 2.24) is 4.90 Å². The Labute approximate surface area is 163 Å². The molecule has 1 aromatic rings. The second kappa shape index (κ2) is 8.84. The highest BCUT2D eigenvalue weighted by Crippen LogP contribution is 2.31. The van der Waals surface area contributed by atoms with Gasteiger partial charge in [0, 0.05) is 6.61 Å². The number of aliphatic hydroxyl groups excluding tert-OH is 1. The first kappa shape index (κ1) is 19.8. The average molecular weight is 385 g/mol. The summed E-state index contributed by atoms with van der Waals surface area (Å²) in [5, 5.41) is 8.88. The number of carbonyl (C=O) groups excluding carboxylic acids is 3. The molecule has 1 saturated heterocycles. The number of aliphatic hydroxyl groups is 1. The lowest BCUT2D eigenvalue weighted by Crippen LogP contribution is -2.45. The number of cyclic esters (lactones) is 1. The molecule has 0 saturated carbocycles. The van der Waals surface area contributed by atoms with Crippen molar-refractivity contribution in [3.8, 4) is 0 Å². The molecule has 3 rings (SSSR count). The van der Waals surface area contributed by atoms with Crippen LogP contribution in [0.3, 0.4) is 0 Å². The van der Waals surface area contributed by atoms with Crippen LogP contribution < -0.4 is 0 Å². The summed E-state index contributed by atoms with van der Waals surface area (Å²) >= 11 is 0. The van der Waals surface area contributed by atoms with E-state index in [1.54, 1.807) is 19.1 Å². The molecule has 2 amide bonds. The molecule has 3 atom stereocenters. The standard InChI is InChI=1S/C21H23NO6/c1-14(19-18(24)11-10-16(28-19)9-5-6-12-23)20(25)22-17(13-27-21(22)26)15-7-3-2-4-8-15/h2-4,7-11,14,17,19,23H,5-6,12-13H2,1H3/t14-,17+,19-/m0/s1. The Morgan fingerprint density at radius 3 is 2.75 bits per heavy atom. The summed E-state index contributed by atoms with van der Waals surface area (Å²) in [5.74, 6) is -1.24. The number of benzene rings is 1. The van der Waals surface area contributed by atoms with Gasteiger partial charge in [0.25, 0.3) is 0 Å². The Hall–Kier alpha value is -2.93. The molecule has 2 heterocycles. The Balaban J connectivity index is 1.77. The number of carbonyl (C=O) groups is 3. The van der Waals surface area contributed by atoms with Crippen molar-refractivity contribution in [2.45, 2.75) is 31.9 Å². The summed E-state index contributed by atoms with van der Waals surface area (Å²) < 4.78 is 10.8. The number of imide groups is 1. The molecule has 7 heteroatoms. The molecule has 2 aliphatic rings. The van der Waals surface area contributed by atoms with Gasteiger partial charge in [0.05, 0.1) is 5.92 Å². The van der Waals surface area contributed by atoms with Gasteiger partial charge in [-0.05, 0) is 43.6 Å². The number of ether oxygens (including phenoxy) is 2. The quantitative estimate of drug-likeness (QED) is 0.757. The summed E-state index contributed by atoms with van der Waals surface area (Å²) in [4.78, 5) is 38.7. The molecule has 0 aliphatic carbocycles. The lowest BCUT2D eigenvalue weighted by Gasteiger charge is -2.29. The fraction of sp³-hybridized carbons (Fsp3) is 0.381. The van der Waals surface area contributed by atoms with E-state index in [1.807, 2.05) is 30.3 Å². The number of amides is 2. The number of hydrogen-bond acceptors (Lipinski definition) is 6. The van der Waals surface area contributed by atoms with Crippen LogP contribution >= 0.6 is 0 Å². The summed E-state index contributed by atoms with van der Waals surface area (Å²) in [6.07, 6.45) is 4.12. The number of hydrogen-bond donors (Lipinski definition) is 1. The van der Waals surface area contributed by atoms with E-state index in [2.05, 4.69) is 0 Å². The first-order chi connectivity index (χ1) is 13.5. The van der Waals surface area contributed by atoms with Gasteiger partial charge in [0.2, 0.25) is 5.91 Å². The zero-order valence-electron chi connectivity index (χ0n) is 15.6. The van der Waals surface area contributed by atoms with Crippen molar-refractivity contribution in [3.05, 3.63) is 59.9 Å². The van der Waals surface area contributed by atoms with Crippen molar-refractivity contribution >= 4 is 17.8 Å². The highest BCUT2D eigenvalue weighted by atomic mass is 16.6. The van der Waals surface area contributed by atoms with E-state index in [0.29, 0.717) is 18.6 Å².